The predicted molar refractivity (Wildman–Crippen MR) is 73.7 cm³/mol. The van der Waals surface area contributed by atoms with E-state index in [2.05, 4.69) is 10.3 Å². The Labute approximate surface area is 122 Å². The Kier molecular flexibility index (Phi) is 6.32. The fraction of sp³-hybridized carbons (Fsp3) is 0.429. The van der Waals surface area contributed by atoms with Crippen LogP contribution in [0.15, 0.2) is 18.3 Å². The van der Waals surface area contributed by atoms with Gasteiger partial charge < -0.3 is 15.2 Å². The summed E-state index contributed by atoms with van der Waals surface area (Å²) in [4.78, 5) is 38.3. The second-order valence-electron chi connectivity index (χ2n) is 4.38. The summed E-state index contributed by atoms with van der Waals surface area (Å²) in [5.41, 5.74) is 0.810. The fourth-order valence-electron chi connectivity index (χ4n) is 1.70. The monoisotopic (exact) mass is 294 g/mol. The van der Waals surface area contributed by atoms with Gasteiger partial charge in [0.15, 0.2) is 0 Å². The Morgan fingerprint density at radius 3 is 2.71 bits per heavy atom. The van der Waals surface area contributed by atoms with Crippen molar-refractivity contribution in [1.82, 2.24) is 10.3 Å². The average molecular weight is 294 g/mol. The van der Waals surface area contributed by atoms with E-state index in [0.29, 0.717) is 5.56 Å². The van der Waals surface area contributed by atoms with Crippen molar-refractivity contribution in [3.63, 3.8) is 0 Å². The molecule has 1 atom stereocenters. The highest BCUT2D eigenvalue weighted by Gasteiger charge is 2.23. The van der Waals surface area contributed by atoms with E-state index in [1.54, 1.807) is 26.0 Å². The lowest BCUT2D eigenvalue weighted by Gasteiger charge is -2.14. The van der Waals surface area contributed by atoms with Gasteiger partial charge in [0, 0.05) is 12.6 Å². The summed E-state index contributed by atoms with van der Waals surface area (Å²) in [5, 5.41) is 11.5. The van der Waals surface area contributed by atoms with Gasteiger partial charge in [-0.25, -0.2) is 4.79 Å². The Hall–Kier alpha value is -2.44. The van der Waals surface area contributed by atoms with Crippen molar-refractivity contribution in [2.24, 2.45) is 0 Å². The summed E-state index contributed by atoms with van der Waals surface area (Å²) in [6.07, 6.45) is 1.34. The highest BCUT2D eigenvalue weighted by Crippen LogP contribution is 2.06. The summed E-state index contributed by atoms with van der Waals surface area (Å²) in [5.74, 6) is -2.28. The van der Waals surface area contributed by atoms with E-state index in [4.69, 9.17) is 9.84 Å². The second-order valence-corrected chi connectivity index (χ2v) is 4.38. The highest BCUT2D eigenvalue weighted by molar-refractivity contribution is 5.96. The van der Waals surface area contributed by atoms with Crippen molar-refractivity contribution in [3.05, 3.63) is 29.6 Å². The molecule has 1 rings (SSSR count). The number of amides is 1. The van der Waals surface area contributed by atoms with E-state index < -0.39 is 23.9 Å². The molecule has 1 amide bonds. The second kappa shape index (κ2) is 7.98. The number of aliphatic carboxylic acids is 1. The number of carbonyl (C=O) groups is 3. The Balaban J connectivity index is 2.66. The predicted octanol–water partition coefficient (Wildman–Crippen LogP) is 0.916. The molecule has 7 heteroatoms. The van der Waals surface area contributed by atoms with E-state index in [1.165, 1.54) is 6.20 Å². The van der Waals surface area contributed by atoms with Crippen molar-refractivity contribution < 1.29 is 24.2 Å². The maximum absolute atomic E-state index is 12.0. The molecule has 1 heterocycles. The standard InChI is InChI=1S/C14H18N2O5/c1-3-21-11(17)7-6-10(14(19)20)16-13(18)12-9(2)5-4-8-15-12/h4-5,8,10H,3,6-7H2,1-2H3,(H,16,18)(H,19,20)/t10-/m0/s1. The first-order chi connectivity index (χ1) is 9.95. The summed E-state index contributed by atoms with van der Waals surface area (Å²) < 4.78 is 4.72. The molecule has 0 unspecified atom stereocenters. The van der Waals surface area contributed by atoms with E-state index in [-0.39, 0.29) is 25.1 Å². The van der Waals surface area contributed by atoms with Gasteiger partial charge in [0.05, 0.1) is 6.61 Å². The van der Waals surface area contributed by atoms with Crippen LogP contribution in [-0.2, 0) is 14.3 Å². The largest absolute Gasteiger partial charge is 0.480 e. The van der Waals surface area contributed by atoms with Crippen LogP contribution in [0.5, 0.6) is 0 Å². The maximum Gasteiger partial charge on any atom is 0.326 e. The molecule has 0 saturated heterocycles. The smallest absolute Gasteiger partial charge is 0.326 e. The minimum atomic E-state index is -1.21. The number of aryl methyl sites for hydroxylation is 1. The maximum atomic E-state index is 12.0. The van der Waals surface area contributed by atoms with Crippen LogP contribution in [0.25, 0.3) is 0 Å². The zero-order valence-electron chi connectivity index (χ0n) is 12.0. The number of nitrogens with one attached hydrogen (secondary N) is 1. The van der Waals surface area contributed by atoms with Gasteiger partial charge in [-0.1, -0.05) is 6.07 Å². The molecule has 0 aliphatic heterocycles. The molecule has 0 aromatic carbocycles. The van der Waals surface area contributed by atoms with Crippen LogP contribution in [0, 0.1) is 6.92 Å². The zero-order chi connectivity index (χ0) is 15.8. The molecule has 21 heavy (non-hydrogen) atoms. The normalized spacial score (nSPS) is 11.5. The number of hydrogen-bond acceptors (Lipinski definition) is 5. The van der Waals surface area contributed by atoms with Gasteiger partial charge in [0.1, 0.15) is 11.7 Å². The number of carbonyl (C=O) groups excluding carboxylic acids is 2. The first-order valence-corrected chi connectivity index (χ1v) is 6.56. The topological polar surface area (TPSA) is 106 Å². The minimum absolute atomic E-state index is 0.0359. The van der Waals surface area contributed by atoms with E-state index >= 15 is 0 Å². The van der Waals surface area contributed by atoms with Gasteiger partial charge >= 0.3 is 11.9 Å². The van der Waals surface area contributed by atoms with Gasteiger partial charge in [0.25, 0.3) is 5.91 Å². The van der Waals surface area contributed by atoms with Gasteiger partial charge in [-0.3, -0.25) is 14.6 Å². The van der Waals surface area contributed by atoms with Gasteiger partial charge in [-0.2, -0.15) is 0 Å². The number of rotatable bonds is 7. The van der Waals surface area contributed by atoms with Gasteiger partial charge in [-0.15, -0.1) is 0 Å². The average Bonchev–Trinajstić information content (AvgIpc) is 2.43. The van der Waals surface area contributed by atoms with Crippen LogP contribution in [0.4, 0.5) is 0 Å². The van der Waals surface area contributed by atoms with Crippen molar-refractivity contribution in [3.8, 4) is 0 Å². The SMILES string of the molecule is CCOC(=O)CC[C@H](NC(=O)c1ncccc1C)C(=O)O. The molecule has 0 bridgehead atoms. The number of ether oxygens (including phenoxy) is 1. The third kappa shape index (κ3) is 5.21. The third-order valence-corrected chi connectivity index (χ3v) is 2.77. The van der Waals surface area contributed by atoms with Crippen molar-refractivity contribution in [1.29, 1.82) is 0 Å². The molecular weight excluding hydrogens is 276 g/mol. The molecule has 0 saturated carbocycles. The van der Waals surface area contributed by atoms with Crippen molar-refractivity contribution in [2.45, 2.75) is 32.7 Å². The molecule has 0 radical (unpaired) electrons. The van der Waals surface area contributed by atoms with Crippen LogP contribution in [0.1, 0.15) is 35.8 Å². The van der Waals surface area contributed by atoms with E-state index in [0.717, 1.165) is 0 Å². The van der Waals surface area contributed by atoms with E-state index in [9.17, 15) is 14.4 Å². The van der Waals surface area contributed by atoms with Crippen LogP contribution >= 0.6 is 0 Å². The van der Waals surface area contributed by atoms with Gasteiger partial charge in [0.2, 0.25) is 0 Å². The van der Waals surface area contributed by atoms with Crippen LogP contribution in [-0.4, -0.2) is 40.6 Å². The third-order valence-electron chi connectivity index (χ3n) is 2.77. The molecule has 0 aliphatic rings. The number of aromatic nitrogens is 1. The molecule has 114 valence electrons. The lowest BCUT2D eigenvalue weighted by atomic mass is 10.1. The molecule has 2 N–H and O–H groups in total. The van der Waals surface area contributed by atoms with E-state index in [1.807, 2.05) is 0 Å². The molecular formula is C14H18N2O5. The van der Waals surface area contributed by atoms with Crippen molar-refractivity contribution in [2.75, 3.05) is 6.61 Å². The Morgan fingerprint density at radius 1 is 1.43 bits per heavy atom. The minimum Gasteiger partial charge on any atom is -0.480 e. The summed E-state index contributed by atoms with van der Waals surface area (Å²) in [7, 11) is 0. The number of pyridine rings is 1. The number of esters is 1. The van der Waals surface area contributed by atoms with Gasteiger partial charge in [-0.05, 0) is 31.9 Å². The summed E-state index contributed by atoms with van der Waals surface area (Å²) in [6.45, 7) is 3.60. The lowest BCUT2D eigenvalue weighted by Crippen LogP contribution is -2.41. The number of carboxylic acids is 1. The molecule has 0 aliphatic carbocycles. The number of nitrogens with zero attached hydrogens (tertiary/aromatic N) is 1. The lowest BCUT2D eigenvalue weighted by molar-refractivity contribution is -0.144. The fourth-order valence-corrected chi connectivity index (χ4v) is 1.70. The first-order valence-electron chi connectivity index (χ1n) is 6.56. The molecule has 0 spiro atoms. The first kappa shape index (κ1) is 16.6. The number of hydrogen-bond donors (Lipinski definition) is 2. The Bertz CT molecular complexity index is 530. The van der Waals surface area contributed by atoms with Crippen LogP contribution in [0.3, 0.4) is 0 Å². The number of carboxylic acid groups (broad SMARTS) is 1. The molecule has 1 aromatic heterocycles. The zero-order valence-corrected chi connectivity index (χ0v) is 12.0. The molecule has 0 fully saturated rings. The quantitative estimate of drug-likeness (QED) is 0.724. The van der Waals surface area contributed by atoms with Crippen LogP contribution < -0.4 is 5.32 Å². The highest BCUT2D eigenvalue weighted by atomic mass is 16.5. The summed E-state index contributed by atoms with van der Waals surface area (Å²) in [6, 6.07) is 2.22. The molecule has 7 nitrogen and oxygen atoms in total. The summed E-state index contributed by atoms with van der Waals surface area (Å²) >= 11 is 0. The van der Waals surface area contributed by atoms with Crippen molar-refractivity contribution >= 4 is 17.8 Å². The molecule has 1 aromatic rings. The van der Waals surface area contributed by atoms with Crippen LogP contribution in [0.2, 0.25) is 0 Å². The Morgan fingerprint density at radius 2 is 2.14 bits per heavy atom.